The Bertz CT molecular complexity index is 496. The highest BCUT2D eigenvalue weighted by molar-refractivity contribution is 5.75. The minimum atomic E-state index is -0.158. The fourth-order valence-electron chi connectivity index (χ4n) is 2.15. The Morgan fingerprint density at radius 2 is 2.05 bits per heavy atom. The maximum absolute atomic E-state index is 12.0. The van der Waals surface area contributed by atoms with Gasteiger partial charge in [-0.1, -0.05) is 6.42 Å². The number of hydrazine groups is 1. The van der Waals surface area contributed by atoms with E-state index in [1.54, 1.807) is 12.3 Å². The van der Waals surface area contributed by atoms with Crippen molar-refractivity contribution >= 4 is 11.6 Å². The van der Waals surface area contributed by atoms with E-state index in [-0.39, 0.29) is 11.5 Å². The van der Waals surface area contributed by atoms with Crippen LogP contribution in [0.15, 0.2) is 17.1 Å². The Balaban J connectivity index is 2.46. The van der Waals surface area contributed by atoms with Gasteiger partial charge in [-0.15, -0.1) is 0 Å². The quantitative estimate of drug-likeness (QED) is 0.302. The molecule has 0 fully saturated rings. The lowest BCUT2D eigenvalue weighted by Crippen LogP contribution is -2.29. The van der Waals surface area contributed by atoms with Crippen molar-refractivity contribution in [2.75, 3.05) is 18.0 Å². The van der Waals surface area contributed by atoms with Gasteiger partial charge in [-0.3, -0.25) is 15.0 Å². The summed E-state index contributed by atoms with van der Waals surface area (Å²) in [6, 6.07) is 1.63. The highest BCUT2D eigenvalue weighted by Gasteiger charge is 2.05. The summed E-state index contributed by atoms with van der Waals surface area (Å²) in [5.74, 6) is 4.84. The maximum atomic E-state index is 12.0. The molecular weight excluding hydrogens is 270 g/mol. The summed E-state index contributed by atoms with van der Waals surface area (Å²) in [6.45, 7) is 6.37. The fraction of sp³-hybridized carbons (Fsp3) is 0.643. The number of anilines is 1. The zero-order chi connectivity index (χ0) is 15.7. The van der Waals surface area contributed by atoms with Crippen LogP contribution in [-0.4, -0.2) is 28.8 Å². The predicted octanol–water partition coefficient (Wildman–Crippen LogP) is 0.640. The smallest absolute Gasteiger partial charge is 0.268 e. The van der Waals surface area contributed by atoms with Crippen LogP contribution in [0.3, 0.4) is 0 Å². The number of carbonyl (C=O) groups is 1. The predicted molar refractivity (Wildman–Crippen MR) is 82.9 cm³/mol. The summed E-state index contributed by atoms with van der Waals surface area (Å²) in [5, 5.41) is 4.21. The van der Waals surface area contributed by atoms with E-state index >= 15 is 0 Å². The Morgan fingerprint density at radius 3 is 2.62 bits per heavy atom. The molecule has 1 amide bonds. The third-order valence-corrected chi connectivity index (χ3v) is 3.42. The Morgan fingerprint density at radius 1 is 1.33 bits per heavy atom. The number of hydrogen-bond acceptors (Lipinski definition) is 5. The molecule has 0 aliphatic heterocycles. The molecule has 0 bridgehead atoms. The summed E-state index contributed by atoms with van der Waals surface area (Å²) in [6.07, 6.45) is 4.58. The molecule has 118 valence electrons. The van der Waals surface area contributed by atoms with E-state index in [1.165, 1.54) is 4.68 Å². The average Bonchev–Trinajstić information content (AvgIpc) is 2.49. The summed E-state index contributed by atoms with van der Waals surface area (Å²) in [4.78, 5) is 25.0. The number of nitrogens with zero attached hydrogens (tertiary/aromatic N) is 3. The number of carbonyl (C=O) groups excluding carboxylic acids is 1. The van der Waals surface area contributed by atoms with Gasteiger partial charge in [0.15, 0.2) is 0 Å². The minimum absolute atomic E-state index is 0.0842. The first kappa shape index (κ1) is 17.2. The summed E-state index contributed by atoms with van der Waals surface area (Å²) in [7, 11) is 0. The molecule has 0 aromatic carbocycles. The van der Waals surface area contributed by atoms with Crippen LogP contribution < -0.4 is 21.7 Å². The van der Waals surface area contributed by atoms with Crippen LogP contribution in [0.25, 0.3) is 0 Å². The zero-order valence-electron chi connectivity index (χ0n) is 12.8. The zero-order valence-corrected chi connectivity index (χ0v) is 12.8. The Labute approximate surface area is 125 Å². The topological polar surface area (TPSA) is 93.2 Å². The molecule has 1 heterocycles. The summed E-state index contributed by atoms with van der Waals surface area (Å²) in [5.41, 5.74) is 2.88. The van der Waals surface area contributed by atoms with Crippen molar-refractivity contribution in [1.82, 2.24) is 15.2 Å². The highest BCUT2D eigenvalue weighted by atomic mass is 16.2. The van der Waals surface area contributed by atoms with E-state index in [9.17, 15) is 9.59 Å². The number of amides is 1. The van der Waals surface area contributed by atoms with Crippen LogP contribution in [0.5, 0.6) is 0 Å². The third-order valence-electron chi connectivity index (χ3n) is 3.42. The number of hydrogen-bond donors (Lipinski definition) is 2. The number of aromatic nitrogens is 2. The van der Waals surface area contributed by atoms with Gasteiger partial charge in [0.25, 0.3) is 5.56 Å². The molecule has 1 aromatic rings. The summed E-state index contributed by atoms with van der Waals surface area (Å²) < 4.78 is 1.47. The molecule has 0 spiro atoms. The largest absolute Gasteiger partial charge is 0.371 e. The Kier molecular flexibility index (Phi) is 7.45. The van der Waals surface area contributed by atoms with Gasteiger partial charge in [0.2, 0.25) is 5.91 Å². The van der Waals surface area contributed by atoms with E-state index in [0.29, 0.717) is 13.0 Å². The van der Waals surface area contributed by atoms with Crippen LogP contribution in [-0.2, 0) is 11.3 Å². The Hall–Kier alpha value is -1.89. The second-order valence-electron chi connectivity index (χ2n) is 4.83. The molecule has 0 aliphatic carbocycles. The first-order chi connectivity index (χ1) is 10.1. The van der Waals surface area contributed by atoms with Crippen molar-refractivity contribution < 1.29 is 4.79 Å². The van der Waals surface area contributed by atoms with Gasteiger partial charge in [0.1, 0.15) is 0 Å². The van der Waals surface area contributed by atoms with Crippen molar-refractivity contribution in [2.45, 2.75) is 46.1 Å². The molecule has 0 saturated heterocycles. The van der Waals surface area contributed by atoms with E-state index in [1.807, 2.05) is 13.8 Å². The molecule has 0 radical (unpaired) electrons. The number of nitrogens with two attached hydrogens (primary N) is 1. The molecule has 0 atom stereocenters. The number of unbranched alkanes of at least 4 members (excludes halogenated alkanes) is 2. The maximum Gasteiger partial charge on any atom is 0.268 e. The highest BCUT2D eigenvalue weighted by Crippen LogP contribution is 2.08. The van der Waals surface area contributed by atoms with Crippen LogP contribution in [0.1, 0.15) is 39.5 Å². The molecule has 7 nitrogen and oxygen atoms in total. The first-order valence-corrected chi connectivity index (χ1v) is 7.43. The molecular formula is C14H25N5O2. The first-order valence-electron chi connectivity index (χ1n) is 7.43. The molecule has 7 heteroatoms. The van der Waals surface area contributed by atoms with E-state index < -0.39 is 0 Å². The molecule has 1 aromatic heterocycles. The molecule has 21 heavy (non-hydrogen) atoms. The van der Waals surface area contributed by atoms with Gasteiger partial charge >= 0.3 is 0 Å². The van der Waals surface area contributed by atoms with Gasteiger partial charge in [-0.2, -0.15) is 5.10 Å². The lowest BCUT2D eigenvalue weighted by Gasteiger charge is -2.20. The number of rotatable bonds is 9. The van der Waals surface area contributed by atoms with Crippen LogP contribution >= 0.6 is 0 Å². The van der Waals surface area contributed by atoms with E-state index in [4.69, 9.17) is 5.84 Å². The van der Waals surface area contributed by atoms with Crippen LogP contribution in [0, 0.1) is 0 Å². The fourth-order valence-corrected chi connectivity index (χ4v) is 2.15. The van der Waals surface area contributed by atoms with Gasteiger partial charge in [0, 0.05) is 32.1 Å². The summed E-state index contributed by atoms with van der Waals surface area (Å²) >= 11 is 0. The molecule has 3 N–H and O–H groups in total. The van der Waals surface area contributed by atoms with Gasteiger partial charge < -0.3 is 4.90 Å². The monoisotopic (exact) mass is 295 g/mol. The van der Waals surface area contributed by atoms with Crippen molar-refractivity contribution in [2.24, 2.45) is 5.84 Å². The normalized spacial score (nSPS) is 10.4. The van der Waals surface area contributed by atoms with Crippen molar-refractivity contribution in [3.05, 3.63) is 22.6 Å². The van der Waals surface area contributed by atoms with E-state index in [0.717, 1.165) is 38.0 Å². The van der Waals surface area contributed by atoms with E-state index in [2.05, 4.69) is 15.4 Å². The number of nitrogens with one attached hydrogen (secondary N) is 1. The second kappa shape index (κ2) is 9.12. The third kappa shape index (κ3) is 5.55. The standard InChI is InChI=1S/C14H25N5O2/c1-3-18(4-2)12-10-14(21)19(16-11-12)9-7-5-6-8-13(20)17-15/h10-11H,3-9,15H2,1-2H3,(H,17,20). The van der Waals surface area contributed by atoms with Gasteiger partial charge in [0.05, 0.1) is 11.9 Å². The molecule has 1 rings (SSSR count). The van der Waals surface area contributed by atoms with Crippen molar-refractivity contribution in [3.8, 4) is 0 Å². The van der Waals surface area contributed by atoms with Gasteiger partial charge in [-0.25, -0.2) is 10.5 Å². The molecule has 0 saturated carbocycles. The minimum Gasteiger partial charge on any atom is -0.371 e. The van der Waals surface area contributed by atoms with Crippen molar-refractivity contribution in [1.29, 1.82) is 0 Å². The van der Waals surface area contributed by atoms with Gasteiger partial charge in [-0.05, 0) is 26.7 Å². The average molecular weight is 295 g/mol. The molecule has 0 unspecified atom stereocenters. The second-order valence-corrected chi connectivity index (χ2v) is 4.83. The van der Waals surface area contributed by atoms with Crippen LogP contribution in [0.4, 0.5) is 5.69 Å². The SMILES string of the molecule is CCN(CC)c1cnn(CCCCCC(=O)NN)c(=O)c1. The number of aryl methyl sites for hydroxylation is 1. The van der Waals surface area contributed by atoms with Crippen LogP contribution in [0.2, 0.25) is 0 Å². The lowest BCUT2D eigenvalue weighted by molar-refractivity contribution is -0.121. The van der Waals surface area contributed by atoms with Crippen molar-refractivity contribution in [3.63, 3.8) is 0 Å². The molecule has 0 aliphatic rings. The lowest BCUT2D eigenvalue weighted by atomic mass is 10.2.